The number of quaternary nitrogens is 1. The number of aryl methyl sites for hydroxylation is 2. The van der Waals surface area contributed by atoms with Gasteiger partial charge < -0.3 is 9.88 Å². The van der Waals surface area contributed by atoms with E-state index in [1.807, 2.05) is 30.6 Å². The van der Waals surface area contributed by atoms with E-state index in [-0.39, 0.29) is 0 Å². The second-order valence-electron chi connectivity index (χ2n) is 15.2. The van der Waals surface area contributed by atoms with Gasteiger partial charge in [-0.25, -0.2) is 24.1 Å². The van der Waals surface area contributed by atoms with Gasteiger partial charge in [-0.05, 0) is 107 Å². The van der Waals surface area contributed by atoms with E-state index in [1.165, 1.54) is 5.69 Å². The van der Waals surface area contributed by atoms with E-state index < -0.39 is 0 Å². The molecule has 0 unspecified atom stereocenters. The molecule has 0 aliphatic carbocycles. The molecule has 8 heteroatoms. The fraction of sp³-hybridized carbons (Fsp3) is 0.128. The number of benzene rings is 1. The number of rotatable bonds is 4. The first kappa shape index (κ1) is 34.0. The van der Waals surface area contributed by atoms with Gasteiger partial charge in [0.2, 0.25) is 0 Å². The van der Waals surface area contributed by atoms with Crippen LogP contribution in [-0.4, -0.2) is 55.2 Å². The third-order valence-electron chi connectivity index (χ3n) is 10.4. The van der Waals surface area contributed by atoms with Gasteiger partial charge in [0.25, 0.3) is 0 Å². The van der Waals surface area contributed by atoms with Gasteiger partial charge in [0.1, 0.15) is 19.8 Å². The van der Waals surface area contributed by atoms with Gasteiger partial charge in [0, 0.05) is 77.4 Å². The third kappa shape index (κ3) is 6.36. The normalized spacial score (nSPS) is 17.6. The SMILES string of the molecule is CN1C=CC(=C2C3=NC(=C(c4ccc([N+](C)(C)C)cc4)C4=NC(=C(c5cc[n+](C)cc5)c5ccc([nH]5)C(c5cc[n+](C)cc5)=C5C=CC2=N5)C=C4)C=C3)C=C1. The van der Waals surface area contributed by atoms with Crippen molar-refractivity contribution in [3.05, 3.63) is 203 Å². The fourth-order valence-electron chi connectivity index (χ4n) is 7.42. The Morgan fingerprint density at radius 2 is 0.909 bits per heavy atom. The van der Waals surface area contributed by atoms with Gasteiger partial charge in [-0.15, -0.1) is 0 Å². The van der Waals surface area contributed by atoms with Crippen LogP contribution < -0.4 is 13.6 Å². The summed E-state index contributed by atoms with van der Waals surface area (Å²) < 4.78 is 4.82. The van der Waals surface area contributed by atoms with Gasteiger partial charge in [0.15, 0.2) is 24.8 Å². The van der Waals surface area contributed by atoms with Crippen molar-refractivity contribution >= 4 is 39.5 Å². The van der Waals surface area contributed by atoms with E-state index >= 15 is 0 Å². The fourth-order valence-corrected chi connectivity index (χ4v) is 7.42. The van der Waals surface area contributed by atoms with Crippen LogP contribution in [0.4, 0.5) is 5.69 Å². The van der Waals surface area contributed by atoms with Crippen LogP contribution in [0, 0.1) is 0 Å². The van der Waals surface area contributed by atoms with Crippen molar-refractivity contribution in [3.63, 3.8) is 0 Å². The lowest BCUT2D eigenvalue weighted by molar-refractivity contribution is -0.671. The van der Waals surface area contributed by atoms with E-state index in [9.17, 15) is 0 Å². The van der Waals surface area contributed by atoms with Crippen LogP contribution >= 0.6 is 0 Å². The topological polar surface area (TPSA) is 63.9 Å². The van der Waals surface area contributed by atoms with Crippen molar-refractivity contribution in [2.45, 2.75) is 0 Å². The number of nitrogens with zero attached hydrogens (tertiary/aromatic N) is 7. The summed E-state index contributed by atoms with van der Waals surface area (Å²) >= 11 is 0. The Morgan fingerprint density at radius 3 is 1.36 bits per heavy atom. The highest BCUT2D eigenvalue weighted by molar-refractivity contribution is 6.36. The van der Waals surface area contributed by atoms with Gasteiger partial charge in [-0.3, -0.25) is 4.48 Å². The van der Waals surface area contributed by atoms with Gasteiger partial charge in [0.05, 0.1) is 55.4 Å². The number of aromatic nitrogens is 3. The lowest BCUT2D eigenvalue weighted by atomic mass is 9.97. The second kappa shape index (κ2) is 13.3. The first-order valence-corrected chi connectivity index (χ1v) is 18.5. The quantitative estimate of drug-likeness (QED) is 0.178. The smallest absolute Gasteiger partial charge is 0.169 e. The molecular formula is C47H43N8+3. The van der Waals surface area contributed by atoms with E-state index in [1.54, 1.807) is 0 Å². The largest absolute Gasteiger partial charge is 0.357 e. The van der Waals surface area contributed by atoms with Crippen molar-refractivity contribution in [3.8, 4) is 0 Å². The highest BCUT2D eigenvalue weighted by Crippen LogP contribution is 2.38. The molecule has 3 aromatic heterocycles. The first-order chi connectivity index (χ1) is 26.6. The number of hydrogen-bond donors (Lipinski definition) is 1. The van der Waals surface area contributed by atoms with Crippen molar-refractivity contribution in [2.24, 2.45) is 29.1 Å². The molecule has 8 bridgehead atoms. The number of allylic oxidation sites excluding steroid dienone is 11. The zero-order chi connectivity index (χ0) is 37.8. The summed E-state index contributed by atoms with van der Waals surface area (Å²) in [4.78, 5) is 22.1. The molecule has 0 atom stereocenters. The molecule has 0 amide bonds. The standard InChI is InChI=1S/C47H43N8/c1-52-25-19-32(20-26-52)45-38-13-11-36(48-38)44(31-7-9-35(10-8-31)55(4,5)6)37-12-14-39(49-37)46(33-21-27-53(2)28-22-33)41-16-18-43(51-41)47(42-17-15-40(45)50-42)34-23-29-54(3)30-24-34/h7-30,50H,1-6H3/q+3. The minimum Gasteiger partial charge on any atom is -0.357 e. The van der Waals surface area contributed by atoms with Crippen LogP contribution in [-0.2, 0) is 14.1 Å². The van der Waals surface area contributed by atoms with Gasteiger partial charge >= 0.3 is 0 Å². The molecule has 0 radical (unpaired) electrons. The number of aliphatic imine (C=N–C) groups is 3. The number of fused-ring (bicyclic) bond motifs is 5. The molecule has 9 rings (SSSR count). The Labute approximate surface area is 322 Å². The van der Waals surface area contributed by atoms with Crippen LogP contribution in [0.2, 0.25) is 0 Å². The summed E-state index contributed by atoms with van der Waals surface area (Å²) in [5.74, 6) is 0. The summed E-state index contributed by atoms with van der Waals surface area (Å²) in [5.41, 5.74) is 16.6. The Balaban J connectivity index is 1.35. The van der Waals surface area contributed by atoms with Crippen molar-refractivity contribution in [2.75, 3.05) is 28.2 Å². The van der Waals surface area contributed by atoms with Gasteiger partial charge in [-0.1, -0.05) is 0 Å². The van der Waals surface area contributed by atoms with Crippen LogP contribution in [0.15, 0.2) is 190 Å². The van der Waals surface area contributed by atoms with E-state index in [2.05, 4.69) is 177 Å². The minimum atomic E-state index is 0.724. The Morgan fingerprint density at radius 1 is 0.491 bits per heavy atom. The molecule has 0 saturated carbocycles. The Hall–Kier alpha value is -6.77. The Bertz CT molecular complexity index is 2630. The zero-order valence-electron chi connectivity index (χ0n) is 32.0. The van der Waals surface area contributed by atoms with E-state index in [4.69, 9.17) is 15.0 Å². The lowest BCUT2D eigenvalue weighted by Crippen LogP contribution is -2.34. The number of H-pyrrole nitrogens is 1. The number of aromatic amines is 1. The molecule has 1 N–H and O–H groups in total. The first-order valence-electron chi connectivity index (χ1n) is 18.5. The molecule has 4 aromatic rings. The number of pyridine rings is 2. The van der Waals surface area contributed by atoms with Crippen LogP contribution in [0.1, 0.15) is 28.1 Å². The van der Waals surface area contributed by atoms with E-state index in [0.29, 0.717) is 0 Å². The maximum absolute atomic E-state index is 5.43. The summed E-state index contributed by atoms with van der Waals surface area (Å²) in [5, 5.41) is 0. The van der Waals surface area contributed by atoms with Crippen LogP contribution in [0.5, 0.6) is 0 Å². The average molecular weight is 720 g/mol. The molecule has 268 valence electrons. The maximum Gasteiger partial charge on any atom is 0.169 e. The van der Waals surface area contributed by atoms with Crippen LogP contribution in [0.3, 0.4) is 0 Å². The molecule has 55 heavy (non-hydrogen) atoms. The second-order valence-corrected chi connectivity index (χ2v) is 15.2. The highest BCUT2D eigenvalue weighted by atomic mass is 15.3. The number of hydrogen-bond acceptors (Lipinski definition) is 4. The maximum atomic E-state index is 5.43. The summed E-state index contributed by atoms with van der Waals surface area (Å²) in [6, 6.07) is 21.7. The minimum absolute atomic E-state index is 0.724. The third-order valence-corrected chi connectivity index (χ3v) is 10.4. The van der Waals surface area contributed by atoms with E-state index in [0.717, 1.165) is 94.7 Å². The van der Waals surface area contributed by atoms with Crippen LogP contribution in [0.25, 0.3) is 16.7 Å². The van der Waals surface area contributed by atoms with Crippen molar-refractivity contribution in [1.82, 2.24) is 14.4 Å². The average Bonchev–Trinajstić information content (AvgIpc) is 4.01. The molecule has 0 saturated heterocycles. The molecule has 5 aliphatic rings. The summed E-state index contributed by atoms with van der Waals surface area (Å²) in [6.45, 7) is 0. The molecule has 5 aliphatic heterocycles. The molecule has 8 heterocycles. The molecule has 1 aromatic carbocycles. The lowest BCUT2D eigenvalue weighted by Gasteiger charge is -2.23. The van der Waals surface area contributed by atoms with Crippen molar-refractivity contribution < 1.29 is 9.13 Å². The Kier molecular flexibility index (Phi) is 8.21. The summed E-state index contributed by atoms with van der Waals surface area (Å²) in [7, 11) is 12.6. The molecular weight excluding hydrogens is 677 g/mol. The van der Waals surface area contributed by atoms with Gasteiger partial charge in [-0.2, -0.15) is 0 Å². The molecule has 8 nitrogen and oxygen atoms in total. The molecule has 0 spiro atoms. The summed E-state index contributed by atoms with van der Waals surface area (Å²) in [6.07, 6.45) is 29.5. The molecule has 0 fully saturated rings. The predicted octanol–water partition coefficient (Wildman–Crippen LogP) is 7.11. The predicted molar refractivity (Wildman–Crippen MR) is 224 cm³/mol. The van der Waals surface area contributed by atoms with Crippen molar-refractivity contribution in [1.29, 1.82) is 0 Å². The highest BCUT2D eigenvalue weighted by Gasteiger charge is 2.27. The zero-order valence-corrected chi connectivity index (χ0v) is 32.0. The monoisotopic (exact) mass is 719 g/mol. The number of nitrogens with one attached hydrogen (secondary N) is 1.